The number of nitrogens with zero attached hydrogens (tertiary/aromatic N) is 4. The zero-order valence-corrected chi connectivity index (χ0v) is 26.2. The molecular weight excluding hydrogens is 582 g/mol. The second kappa shape index (κ2) is 14.5. The second-order valence-corrected chi connectivity index (χ2v) is 11.9. The SMILES string of the molecule is COc1nc(OCc2cccc(-c3cccc(OCCCN4CCC(F)(F)C4)c3C)c2C)ncc1CN1CCCC[C@H]1C(=O)O. The number of ether oxygens (including phenoxy) is 3. The van der Waals surface area contributed by atoms with Crippen molar-refractivity contribution in [1.82, 2.24) is 19.8 Å². The normalized spacial score (nSPS) is 18.6. The predicted octanol–water partition coefficient (Wildman–Crippen LogP) is 5.90. The maximum Gasteiger partial charge on any atom is 0.320 e. The van der Waals surface area contributed by atoms with Gasteiger partial charge >= 0.3 is 12.0 Å². The van der Waals surface area contributed by atoms with E-state index in [1.54, 1.807) is 11.1 Å². The first-order valence-corrected chi connectivity index (χ1v) is 15.6. The van der Waals surface area contributed by atoms with E-state index >= 15 is 0 Å². The molecule has 0 spiro atoms. The zero-order chi connectivity index (χ0) is 32.0. The lowest BCUT2D eigenvalue weighted by Gasteiger charge is -2.32. The Morgan fingerprint density at radius 2 is 1.82 bits per heavy atom. The molecule has 242 valence electrons. The number of rotatable bonds is 13. The lowest BCUT2D eigenvalue weighted by Crippen LogP contribution is -2.44. The first kappa shape index (κ1) is 32.6. The Hall–Kier alpha value is -3.83. The molecule has 2 aromatic carbocycles. The highest BCUT2D eigenvalue weighted by atomic mass is 19.3. The maximum absolute atomic E-state index is 13.5. The Labute approximate surface area is 263 Å². The van der Waals surface area contributed by atoms with Gasteiger partial charge in [-0.3, -0.25) is 14.6 Å². The van der Waals surface area contributed by atoms with Crippen molar-refractivity contribution in [3.8, 4) is 28.8 Å². The molecule has 2 saturated heterocycles. The molecule has 5 rings (SSSR count). The average molecular weight is 625 g/mol. The van der Waals surface area contributed by atoms with Gasteiger partial charge in [0.2, 0.25) is 5.88 Å². The largest absolute Gasteiger partial charge is 0.493 e. The Morgan fingerprint density at radius 3 is 2.56 bits per heavy atom. The summed E-state index contributed by atoms with van der Waals surface area (Å²) in [7, 11) is 1.53. The van der Waals surface area contributed by atoms with Crippen LogP contribution >= 0.6 is 0 Å². The Morgan fingerprint density at radius 1 is 1.04 bits per heavy atom. The number of hydrogen-bond donors (Lipinski definition) is 1. The number of alkyl halides is 2. The fourth-order valence-corrected chi connectivity index (χ4v) is 6.21. The highest BCUT2D eigenvalue weighted by molar-refractivity contribution is 5.74. The van der Waals surface area contributed by atoms with Crippen LogP contribution in [-0.4, -0.2) is 82.7 Å². The first-order chi connectivity index (χ1) is 21.6. The second-order valence-electron chi connectivity index (χ2n) is 11.9. The van der Waals surface area contributed by atoms with Gasteiger partial charge in [0, 0.05) is 37.8 Å². The van der Waals surface area contributed by atoms with Crippen LogP contribution in [0.5, 0.6) is 17.6 Å². The Bertz CT molecular complexity index is 1490. The minimum absolute atomic E-state index is 0.0681. The highest BCUT2D eigenvalue weighted by Crippen LogP contribution is 2.34. The molecule has 11 heteroatoms. The van der Waals surface area contributed by atoms with Gasteiger partial charge in [-0.05, 0) is 73.5 Å². The third-order valence-electron chi connectivity index (χ3n) is 8.77. The summed E-state index contributed by atoms with van der Waals surface area (Å²) < 4.78 is 44.5. The first-order valence-electron chi connectivity index (χ1n) is 15.6. The summed E-state index contributed by atoms with van der Waals surface area (Å²) in [5.74, 6) is -2.24. The van der Waals surface area contributed by atoms with Crippen LogP contribution in [-0.2, 0) is 17.9 Å². The quantitative estimate of drug-likeness (QED) is 0.233. The van der Waals surface area contributed by atoms with Crippen LogP contribution in [0.25, 0.3) is 11.1 Å². The summed E-state index contributed by atoms with van der Waals surface area (Å²) in [6, 6.07) is 11.7. The number of methoxy groups -OCH3 is 1. The van der Waals surface area contributed by atoms with Gasteiger partial charge in [0.25, 0.3) is 5.92 Å². The van der Waals surface area contributed by atoms with Crippen molar-refractivity contribution < 1.29 is 32.9 Å². The number of carboxylic acids is 1. The maximum atomic E-state index is 13.5. The molecule has 45 heavy (non-hydrogen) atoms. The average Bonchev–Trinajstić information content (AvgIpc) is 3.38. The summed E-state index contributed by atoms with van der Waals surface area (Å²) in [6.07, 6.45) is 4.74. The van der Waals surface area contributed by atoms with Crippen LogP contribution < -0.4 is 14.2 Å². The topological polar surface area (TPSA) is 97.3 Å². The number of aromatic nitrogens is 2. The number of hydrogen-bond acceptors (Lipinski definition) is 8. The van der Waals surface area contributed by atoms with E-state index in [9.17, 15) is 18.7 Å². The van der Waals surface area contributed by atoms with Crippen molar-refractivity contribution in [2.45, 2.75) is 71.1 Å². The number of carbonyl (C=O) groups is 1. The van der Waals surface area contributed by atoms with E-state index < -0.39 is 17.9 Å². The molecule has 1 atom stereocenters. The van der Waals surface area contributed by atoms with Gasteiger partial charge in [0.1, 0.15) is 18.4 Å². The summed E-state index contributed by atoms with van der Waals surface area (Å²) in [4.78, 5) is 24.3. The van der Waals surface area contributed by atoms with E-state index in [2.05, 4.69) is 29.0 Å². The number of benzene rings is 2. The van der Waals surface area contributed by atoms with Crippen LogP contribution in [0.4, 0.5) is 8.78 Å². The zero-order valence-electron chi connectivity index (χ0n) is 26.2. The minimum atomic E-state index is -2.57. The summed E-state index contributed by atoms with van der Waals surface area (Å²) in [5.41, 5.74) is 5.86. The molecule has 0 aliphatic carbocycles. The number of carboxylic acid groups (broad SMARTS) is 1. The number of halogens is 2. The monoisotopic (exact) mass is 624 g/mol. The van der Waals surface area contributed by atoms with Crippen molar-refractivity contribution in [3.63, 3.8) is 0 Å². The van der Waals surface area contributed by atoms with Gasteiger partial charge in [-0.15, -0.1) is 0 Å². The van der Waals surface area contributed by atoms with Crippen LogP contribution in [0.1, 0.15) is 54.4 Å². The van der Waals surface area contributed by atoms with Gasteiger partial charge in [-0.25, -0.2) is 13.8 Å². The third kappa shape index (κ3) is 8.07. The molecule has 0 saturated carbocycles. The van der Waals surface area contributed by atoms with E-state index in [0.29, 0.717) is 57.1 Å². The molecule has 1 N–H and O–H groups in total. The molecule has 2 fully saturated rings. The Balaban J connectivity index is 1.22. The minimum Gasteiger partial charge on any atom is -0.493 e. The molecule has 3 heterocycles. The summed E-state index contributed by atoms with van der Waals surface area (Å²) in [5, 5.41) is 9.62. The molecule has 9 nitrogen and oxygen atoms in total. The molecule has 0 unspecified atom stereocenters. The molecule has 1 aromatic heterocycles. The standard InChI is InChI=1S/C34H42F2N4O5/c1-23-25(21-45-33-37-19-26(31(38-33)43-3)20-40-16-5-4-12-29(40)32(41)42)9-6-10-27(23)28-11-7-13-30(24(28)2)44-18-8-15-39-17-14-34(35,36)22-39/h6-7,9-11,13,19,29H,4-5,8,12,14-18,20-22H2,1-3H3,(H,41,42)/t29-/m0/s1. The molecule has 3 aromatic rings. The molecular formula is C34H42F2N4O5. The smallest absolute Gasteiger partial charge is 0.320 e. The Kier molecular flexibility index (Phi) is 10.5. The van der Waals surface area contributed by atoms with E-state index in [0.717, 1.165) is 46.4 Å². The van der Waals surface area contributed by atoms with Crippen molar-refractivity contribution in [2.75, 3.05) is 39.9 Å². The van der Waals surface area contributed by atoms with E-state index in [1.165, 1.54) is 7.11 Å². The summed E-state index contributed by atoms with van der Waals surface area (Å²) in [6.45, 7) is 6.73. The van der Waals surface area contributed by atoms with Crippen LogP contribution in [0.3, 0.4) is 0 Å². The van der Waals surface area contributed by atoms with Crippen molar-refractivity contribution in [1.29, 1.82) is 0 Å². The lowest BCUT2D eigenvalue weighted by molar-refractivity contribution is -0.144. The fourth-order valence-electron chi connectivity index (χ4n) is 6.21. The summed E-state index contributed by atoms with van der Waals surface area (Å²) >= 11 is 0. The van der Waals surface area contributed by atoms with Crippen LogP contribution in [0, 0.1) is 13.8 Å². The third-order valence-corrected chi connectivity index (χ3v) is 8.77. The van der Waals surface area contributed by atoms with Crippen molar-refractivity contribution >= 4 is 5.97 Å². The van der Waals surface area contributed by atoms with Crippen LogP contribution in [0.2, 0.25) is 0 Å². The molecule has 0 amide bonds. The van der Waals surface area contributed by atoms with Crippen LogP contribution in [0.15, 0.2) is 42.6 Å². The van der Waals surface area contributed by atoms with Crippen molar-refractivity contribution in [2.24, 2.45) is 0 Å². The fraction of sp³-hybridized carbons (Fsp3) is 0.500. The molecule has 2 aliphatic rings. The number of piperidine rings is 1. The molecule has 0 bridgehead atoms. The van der Waals surface area contributed by atoms with E-state index in [4.69, 9.17) is 14.2 Å². The van der Waals surface area contributed by atoms with Gasteiger partial charge in [-0.1, -0.05) is 36.8 Å². The van der Waals surface area contributed by atoms with Gasteiger partial charge in [0.05, 0.1) is 20.3 Å². The molecule has 0 radical (unpaired) electrons. The number of likely N-dealkylation sites (tertiary alicyclic amines) is 2. The van der Waals surface area contributed by atoms with Gasteiger partial charge < -0.3 is 19.3 Å². The predicted molar refractivity (Wildman–Crippen MR) is 166 cm³/mol. The number of aliphatic carboxylic acids is 1. The highest BCUT2D eigenvalue weighted by Gasteiger charge is 2.37. The van der Waals surface area contributed by atoms with E-state index in [1.807, 2.05) is 36.1 Å². The van der Waals surface area contributed by atoms with Crippen molar-refractivity contribution in [3.05, 3.63) is 64.8 Å². The molecule has 2 aliphatic heterocycles. The van der Waals surface area contributed by atoms with Gasteiger partial charge in [-0.2, -0.15) is 4.98 Å². The van der Waals surface area contributed by atoms with Gasteiger partial charge in [0.15, 0.2) is 0 Å². The lowest BCUT2D eigenvalue weighted by atomic mass is 9.93. The van der Waals surface area contributed by atoms with E-state index in [-0.39, 0.29) is 25.6 Å².